The molecule has 0 atom stereocenters. The SMILES string of the molecule is CCCN(c1c(C)cccc1C(=O)O)C(C)C. The van der Waals surface area contributed by atoms with Crippen LogP contribution in [-0.4, -0.2) is 23.7 Å². The third-order valence-electron chi connectivity index (χ3n) is 2.84. The number of aromatic carboxylic acids is 1. The van der Waals surface area contributed by atoms with Gasteiger partial charge in [0.25, 0.3) is 0 Å². The Morgan fingerprint density at radius 3 is 2.53 bits per heavy atom. The Labute approximate surface area is 103 Å². The van der Waals surface area contributed by atoms with Crippen molar-refractivity contribution in [3.05, 3.63) is 29.3 Å². The molecule has 1 aromatic carbocycles. The third kappa shape index (κ3) is 2.99. The molecule has 1 aromatic rings. The van der Waals surface area contributed by atoms with Crippen molar-refractivity contribution in [2.24, 2.45) is 0 Å². The minimum Gasteiger partial charge on any atom is -0.478 e. The van der Waals surface area contributed by atoms with Crippen LogP contribution in [0.2, 0.25) is 0 Å². The van der Waals surface area contributed by atoms with Gasteiger partial charge in [-0.25, -0.2) is 4.79 Å². The number of hydrogen-bond donors (Lipinski definition) is 1. The highest BCUT2D eigenvalue weighted by Gasteiger charge is 2.19. The number of carboxylic acids is 1. The van der Waals surface area contributed by atoms with Gasteiger partial charge in [-0.05, 0) is 38.8 Å². The standard InChI is InChI=1S/C14H21NO2/c1-5-9-15(10(2)3)13-11(4)7-6-8-12(13)14(16)17/h6-8,10H,5,9H2,1-4H3,(H,16,17). The van der Waals surface area contributed by atoms with E-state index in [-0.39, 0.29) is 0 Å². The van der Waals surface area contributed by atoms with Crippen LogP contribution < -0.4 is 4.90 Å². The molecule has 1 rings (SSSR count). The number of para-hydroxylation sites is 1. The lowest BCUT2D eigenvalue weighted by Gasteiger charge is -2.31. The van der Waals surface area contributed by atoms with E-state index in [4.69, 9.17) is 0 Å². The van der Waals surface area contributed by atoms with Crippen molar-refractivity contribution < 1.29 is 9.90 Å². The van der Waals surface area contributed by atoms with E-state index in [1.54, 1.807) is 12.1 Å². The van der Waals surface area contributed by atoms with E-state index in [2.05, 4.69) is 25.7 Å². The Balaban J connectivity index is 3.29. The first-order valence-electron chi connectivity index (χ1n) is 6.08. The number of aryl methyl sites for hydroxylation is 1. The fraction of sp³-hybridized carbons (Fsp3) is 0.500. The van der Waals surface area contributed by atoms with Crippen LogP contribution in [0.15, 0.2) is 18.2 Å². The zero-order valence-electron chi connectivity index (χ0n) is 11.0. The summed E-state index contributed by atoms with van der Waals surface area (Å²) in [5.41, 5.74) is 2.27. The molecule has 0 aliphatic carbocycles. The van der Waals surface area contributed by atoms with Gasteiger partial charge >= 0.3 is 5.97 Å². The molecule has 0 aliphatic rings. The predicted molar refractivity (Wildman–Crippen MR) is 70.9 cm³/mol. The molecule has 0 aromatic heterocycles. The highest BCUT2D eigenvalue weighted by atomic mass is 16.4. The predicted octanol–water partition coefficient (Wildman–Crippen LogP) is 3.32. The first kappa shape index (κ1) is 13.6. The molecular weight excluding hydrogens is 214 g/mol. The van der Waals surface area contributed by atoms with E-state index < -0.39 is 5.97 Å². The largest absolute Gasteiger partial charge is 0.478 e. The van der Waals surface area contributed by atoms with E-state index in [9.17, 15) is 9.90 Å². The fourth-order valence-corrected chi connectivity index (χ4v) is 2.08. The average molecular weight is 235 g/mol. The molecule has 3 nitrogen and oxygen atoms in total. The number of rotatable bonds is 5. The fourth-order valence-electron chi connectivity index (χ4n) is 2.08. The Morgan fingerprint density at radius 1 is 1.41 bits per heavy atom. The zero-order valence-corrected chi connectivity index (χ0v) is 11.0. The molecule has 0 spiro atoms. The molecule has 0 heterocycles. The van der Waals surface area contributed by atoms with Crippen LogP contribution in [-0.2, 0) is 0 Å². The van der Waals surface area contributed by atoms with Crippen LogP contribution in [0, 0.1) is 6.92 Å². The Hall–Kier alpha value is -1.51. The summed E-state index contributed by atoms with van der Waals surface area (Å²) in [4.78, 5) is 13.4. The maximum absolute atomic E-state index is 11.3. The topological polar surface area (TPSA) is 40.5 Å². The lowest BCUT2D eigenvalue weighted by Crippen LogP contribution is -2.33. The quantitative estimate of drug-likeness (QED) is 0.851. The summed E-state index contributed by atoms with van der Waals surface area (Å²) in [5, 5.41) is 9.26. The van der Waals surface area contributed by atoms with E-state index in [1.807, 2.05) is 13.0 Å². The van der Waals surface area contributed by atoms with E-state index >= 15 is 0 Å². The number of carboxylic acid groups (broad SMARTS) is 1. The zero-order chi connectivity index (χ0) is 13.0. The molecular formula is C14H21NO2. The highest BCUT2D eigenvalue weighted by Crippen LogP contribution is 2.27. The second kappa shape index (κ2) is 5.71. The Morgan fingerprint density at radius 2 is 2.06 bits per heavy atom. The monoisotopic (exact) mass is 235 g/mol. The van der Waals surface area contributed by atoms with Crippen molar-refractivity contribution in [3.63, 3.8) is 0 Å². The summed E-state index contributed by atoms with van der Waals surface area (Å²) in [6.45, 7) is 9.13. The molecule has 0 radical (unpaired) electrons. The maximum Gasteiger partial charge on any atom is 0.337 e. The van der Waals surface area contributed by atoms with Gasteiger partial charge in [-0.1, -0.05) is 19.1 Å². The van der Waals surface area contributed by atoms with Crippen LogP contribution >= 0.6 is 0 Å². The van der Waals surface area contributed by atoms with Crippen LogP contribution in [0.5, 0.6) is 0 Å². The summed E-state index contributed by atoms with van der Waals surface area (Å²) < 4.78 is 0. The summed E-state index contributed by atoms with van der Waals surface area (Å²) >= 11 is 0. The van der Waals surface area contributed by atoms with Gasteiger partial charge in [0.2, 0.25) is 0 Å². The number of anilines is 1. The van der Waals surface area contributed by atoms with Gasteiger partial charge < -0.3 is 10.0 Å². The summed E-state index contributed by atoms with van der Waals surface area (Å²) in [5.74, 6) is -0.856. The molecule has 0 saturated heterocycles. The highest BCUT2D eigenvalue weighted by molar-refractivity contribution is 5.95. The van der Waals surface area contributed by atoms with Crippen molar-refractivity contribution in [2.75, 3.05) is 11.4 Å². The second-order valence-electron chi connectivity index (χ2n) is 4.56. The van der Waals surface area contributed by atoms with Crippen molar-refractivity contribution in [1.82, 2.24) is 0 Å². The average Bonchev–Trinajstić information content (AvgIpc) is 2.25. The number of benzene rings is 1. The van der Waals surface area contributed by atoms with Crippen LogP contribution in [0.3, 0.4) is 0 Å². The lowest BCUT2D eigenvalue weighted by atomic mass is 10.0. The number of hydrogen-bond acceptors (Lipinski definition) is 2. The minimum atomic E-state index is -0.856. The minimum absolute atomic E-state index is 0.300. The maximum atomic E-state index is 11.3. The van der Waals surface area contributed by atoms with Gasteiger partial charge in [0.05, 0.1) is 11.3 Å². The number of carbonyl (C=O) groups is 1. The van der Waals surface area contributed by atoms with Gasteiger partial charge in [0.15, 0.2) is 0 Å². The Bertz CT molecular complexity index is 399. The molecule has 17 heavy (non-hydrogen) atoms. The van der Waals surface area contributed by atoms with Gasteiger partial charge in [0.1, 0.15) is 0 Å². The second-order valence-corrected chi connectivity index (χ2v) is 4.56. The van der Waals surface area contributed by atoms with Crippen molar-refractivity contribution >= 4 is 11.7 Å². The smallest absolute Gasteiger partial charge is 0.337 e. The van der Waals surface area contributed by atoms with Crippen molar-refractivity contribution in [3.8, 4) is 0 Å². The normalized spacial score (nSPS) is 10.6. The van der Waals surface area contributed by atoms with Gasteiger partial charge in [-0.15, -0.1) is 0 Å². The van der Waals surface area contributed by atoms with Gasteiger partial charge in [0, 0.05) is 12.6 Å². The van der Waals surface area contributed by atoms with Gasteiger partial charge in [-0.2, -0.15) is 0 Å². The van der Waals surface area contributed by atoms with Crippen molar-refractivity contribution in [1.29, 1.82) is 0 Å². The molecule has 0 fully saturated rings. The molecule has 1 N–H and O–H groups in total. The van der Waals surface area contributed by atoms with Gasteiger partial charge in [-0.3, -0.25) is 0 Å². The van der Waals surface area contributed by atoms with E-state index in [1.165, 1.54) is 0 Å². The third-order valence-corrected chi connectivity index (χ3v) is 2.84. The summed E-state index contributed by atoms with van der Waals surface area (Å²) in [6.07, 6.45) is 1.01. The van der Waals surface area contributed by atoms with Crippen LogP contribution in [0.25, 0.3) is 0 Å². The molecule has 0 aliphatic heterocycles. The van der Waals surface area contributed by atoms with Crippen LogP contribution in [0.1, 0.15) is 43.1 Å². The first-order chi connectivity index (χ1) is 7.99. The number of nitrogens with zero attached hydrogens (tertiary/aromatic N) is 1. The Kier molecular flexibility index (Phi) is 4.55. The van der Waals surface area contributed by atoms with Crippen LogP contribution in [0.4, 0.5) is 5.69 Å². The lowest BCUT2D eigenvalue weighted by molar-refractivity contribution is 0.0697. The van der Waals surface area contributed by atoms with Crippen molar-refractivity contribution in [2.45, 2.75) is 40.2 Å². The molecule has 0 unspecified atom stereocenters. The first-order valence-corrected chi connectivity index (χ1v) is 6.08. The molecule has 0 amide bonds. The molecule has 0 bridgehead atoms. The summed E-state index contributed by atoms with van der Waals surface area (Å²) in [6, 6.07) is 5.74. The molecule has 0 saturated carbocycles. The summed E-state index contributed by atoms with van der Waals surface area (Å²) in [7, 11) is 0. The molecule has 94 valence electrons. The van der Waals surface area contributed by atoms with E-state index in [0.29, 0.717) is 11.6 Å². The molecule has 3 heteroatoms. The van der Waals surface area contributed by atoms with E-state index in [0.717, 1.165) is 24.2 Å².